The zero-order chi connectivity index (χ0) is 21.5. The van der Waals surface area contributed by atoms with E-state index in [1.807, 2.05) is 12.1 Å². The smallest absolute Gasteiger partial charge is 0.244 e. The Bertz CT molecular complexity index is 1350. The highest BCUT2D eigenvalue weighted by atomic mass is 35.5. The monoisotopic (exact) mass is 432 g/mol. The fourth-order valence-corrected chi connectivity index (χ4v) is 3.88. The minimum absolute atomic E-state index is 0.0274. The molecule has 7 nitrogen and oxygen atoms in total. The highest BCUT2D eigenvalue weighted by Gasteiger charge is 2.37. The van der Waals surface area contributed by atoms with Crippen molar-refractivity contribution in [1.29, 1.82) is 5.26 Å². The third-order valence-corrected chi connectivity index (χ3v) is 5.44. The van der Waals surface area contributed by atoms with Gasteiger partial charge in [0.1, 0.15) is 17.5 Å². The van der Waals surface area contributed by atoms with Crippen LogP contribution in [0.15, 0.2) is 66.2 Å². The van der Waals surface area contributed by atoms with Gasteiger partial charge in [-0.05, 0) is 36.4 Å². The van der Waals surface area contributed by atoms with Crippen molar-refractivity contribution >= 4 is 11.6 Å². The van der Waals surface area contributed by atoms with Crippen molar-refractivity contribution in [2.45, 2.75) is 5.92 Å². The first-order valence-corrected chi connectivity index (χ1v) is 9.65. The molecule has 0 amide bonds. The molecular formula is C22H14ClFN6O. The number of H-pyrrole nitrogens is 2. The van der Waals surface area contributed by atoms with Crippen molar-refractivity contribution in [3.63, 3.8) is 0 Å². The Labute approximate surface area is 180 Å². The maximum atomic E-state index is 13.4. The molecule has 1 atom stereocenters. The number of nitrogens with one attached hydrogen (secondary N) is 2. The Morgan fingerprint density at radius 1 is 1.03 bits per heavy atom. The molecule has 0 spiro atoms. The normalized spacial score (nSPS) is 15.3. The fraction of sp³-hybridized carbons (Fsp3) is 0.0455. The van der Waals surface area contributed by atoms with Gasteiger partial charge in [-0.1, -0.05) is 23.7 Å². The third-order valence-electron chi connectivity index (χ3n) is 5.18. The second-order valence-corrected chi connectivity index (χ2v) is 7.39. The van der Waals surface area contributed by atoms with Crippen molar-refractivity contribution in [1.82, 2.24) is 20.4 Å². The summed E-state index contributed by atoms with van der Waals surface area (Å²) in [5.74, 6) is -0.699. The second kappa shape index (κ2) is 7.31. The van der Waals surface area contributed by atoms with E-state index < -0.39 is 5.92 Å². The van der Waals surface area contributed by atoms with Gasteiger partial charge < -0.3 is 10.5 Å². The standard InChI is InChI=1S/C22H14ClFN6O/c23-13-5-1-12(2-6-13)20-18-17(15(9-25)21(26)31-22(18)30-29-20)16-10-27-28-19(16)11-3-7-14(24)8-4-11/h1-8,10,17H,26H2,(H,27,28)(H,29,30)/t17-/m0/s1. The number of nitriles is 1. The number of aromatic amines is 2. The zero-order valence-corrected chi connectivity index (χ0v) is 16.6. The van der Waals surface area contributed by atoms with Crippen molar-refractivity contribution in [2.24, 2.45) is 5.73 Å². The number of ether oxygens (including phenoxy) is 1. The predicted octanol–water partition coefficient (Wildman–Crippen LogP) is 4.48. The summed E-state index contributed by atoms with van der Waals surface area (Å²) in [5.41, 5.74) is 10.5. The van der Waals surface area contributed by atoms with E-state index in [9.17, 15) is 9.65 Å². The molecule has 0 fully saturated rings. The Balaban J connectivity index is 1.72. The maximum Gasteiger partial charge on any atom is 0.244 e. The van der Waals surface area contributed by atoms with Gasteiger partial charge in [0.05, 0.1) is 29.1 Å². The number of fused-ring (bicyclic) bond motifs is 1. The van der Waals surface area contributed by atoms with Crippen LogP contribution < -0.4 is 10.5 Å². The molecule has 2 aromatic carbocycles. The molecule has 4 N–H and O–H groups in total. The van der Waals surface area contributed by atoms with Crippen molar-refractivity contribution in [2.75, 3.05) is 0 Å². The lowest BCUT2D eigenvalue weighted by molar-refractivity contribution is 0.379. The first kappa shape index (κ1) is 18.9. The molecule has 0 saturated carbocycles. The number of allylic oxidation sites excluding steroid dienone is 1. The van der Waals surface area contributed by atoms with Gasteiger partial charge in [-0.15, -0.1) is 5.10 Å². The van der Waals surface area contributed by atoms with Crippen LogP contribution in [0.1, 0.15) is 17.0 Å². The van der Waals surface area contributed by atoms with E-state index in [-0.39, 0.29) is 23.2 Å². The second-order valence-electron chi connectivity index (χ2n) is 6.96. The minimum Gasteiger partial charge on any atom is -0.420 e. The summed E-state index contributed by atoms with van der Waals surface area (Å²) < 4.78 is 19.1. The van der Waals surface area contributed by atoms with E-state index in [2.05, 4.69) is 26.5 Å². The summed E-state index contributed by atoms with van der Waals surface area (Å²) in [4.78, 5) is 0. The van der Waals surface area contributed by atoms with E-state index in [4.69, 9.17) is 22.1 Å². The number of halogens is 2. The minimum atomic E-state index is -0.600. The zero-order valence-electron chi connectivity index (χ0n) is 15.9. The molecule has 3 heterocycles. The fourth-order valence-electron chi connectivity index (χ4n) is 3.75. The van der Waals surface area contributed by atoms with Crippen LogP contribution in [0.5, 0.6) is 5.88 Å². The van der Waals surface area contributed by atoms with Gasteiger partial charge in [0, 0.05) is 21.7 Å². The third kappa shape index (κ3) is 3.12. The maximum absolute atomic E-state index is 13.4. The number of hydrogen-bond acceptors (Lipinski definition) is 5. The van der Waals surface area contributed by atoms with E-state index in [0.29, 0.717) is 33.1 Å². The van der Waals surface area contributed by atoms with Gasteiger partial charge >= 0.3 is 0 Å². The average Bonchev–Trinajstić information content (AvgIpc) is 3.41. The molecule has 31 heavy (non-hydrogen) atoms. The highest BCUT2D eigenvalue weighted by molar-refractivity contribution is 6.30. The summed E-state index contributed by atoms with van der Waals surface area (Å²) in [7, 11) is 0. The highest BCUT2D eigenvalue weighted by Crippen LogP contribution is 2.47. The van der Waals surface area contributed by atoms with Gasteiger partial charge in [-0.2, -0.15) is 10.4 Å². The molecule has 1 aliphatic heterocycles. The molecule has 152 valence electrons. The molecule has 2 aromatic heterocycles. The summed E-state index contributed by atoms with van der Waals surface area (Å²) in [6, 6.07) is 15.4. The molecule has 0 aliphatic carbocycles. The molecule has 0 radical (unpaired) electrons. The van der Waals surface area contributed by atoms with E-state index in [1.54, 1.807) is 30.5 Å². The Kier molecular flexibility index (Phi) is 4.46. The van der Waals surface area contributed by atoms with Crippen LogP contribution >= 0.6 is 11.6 Å². The van der Waals surface area contributed by atoms with Crippen LogP contribution in [-0.2, 0) is 0 Å². The largest absolute Gasteiger partial charge is 0.420 e. The first-order chi connectivity index (χ1) is 15.1. The molecule has 1 aliphatic rings. The summed E-state index contributed by atoms with van der Waals surface area (Å²) in [5, 5.41) is 24.9. The molecule has 5 rings (SSSR count). The number of rotatable bonds is 3. The number of nitrogens with two attached hydrogens (primary N) is 1. The van der Waals surface area contributed by atoms with Gasteiger partial charge in [0.2, 0.25) is 11.8 Å². The molecule has 0 unspecified atom stereocenters. The van der Waals surface area contributed by atoms with Crippen LogP contribution in [0.2, 0.25) is 5.02 Å². The van der Waals surface area contributed by atoms with E-state index >= 15 is 0 Å². The number of nitrogens with zero attached hydrogens (tertiary/aromatic N) is 3. The average molecular weight is 433 g/mol. The lowest BCUT2D eigenvalue weighted by Crippen LogP contribution is -2.21. The van der Waals surface area contributed by atoms with Crippen LogP contribution in [0.25, 0.3) is 22.5 Å². The first-order valence-electron chi connectivity index (χ1n) is 9.27. The molecule has 9 heteroatoms. The lowest BCUT2D eigenvalue weighted by Gasteiger charge is -2.24. The van der Waals surface area contributed by atoms with Gasteiger partial charge in [-0.25, -0.2) is 4.39 Å². The molecular weight excluding hydrogens is 419 g/mol. The predicted molar refractivity (Wildman–Crippen MR) is 112 cm³/mol. The van der Waals surface area contributed by atoms with Crippen LogP contribution in [-0.4, -0.2) is 20.4 Å². The summed E-state index contributed by atoms with van der Waals surface area (Å²) in [6.45, 7) is 0. The van der Waals surface area contributed by atoms with Gasteiger partial charge in [0.25, 0.3) is 0 Å². The Hall–Kier alpha value is -4.09. The Morgan fingerprint density at radius 3 is 2.42 bits per heavy atom. The van der Waals surface area contributed by atoms with Gasteiger partial charge in [-0.3, -0.25) is 10.2 Å². The molecule has 0 bridgehead atoms. The number of hydrogen-bond donors (Lipinski definition) is 3. The van der Waals surface area contributed by atoms with Crippen LogP contribution in [0.4, 0.5) is 4.39 Å². The molecule has 0 saturated heterocycles. The van der Waals surface area contributed by atoms with Crippen molar-refractivity contribution in [3.05, 3.63) is 88.2 Å². The van der Waals surface area contributed by atoms with Crippen molar-refractivity contribution < 1.29 is 9.13 Å². The van der Waals surface area contributed by atoms with Gasteiger partial charge in [0.15, 0.2) is 0 Å². The lowest BCUT2D eigenvalue weighted by atomic mass is 9.82. The quantitative estimate of drug-likeness (QED) is 0.441. The number of aromatic nitrogens is 4. The van der Waals surface area contributed by atoms with Crippen LogP contribution in [0.3, 0.4) is 0 Å². The Morgan fingerprint density at radius 2 is 1.71 bits per heavy atom. The molecule has 4 aromatic rings. The van der Waals surface area contributed by atoms with Crippen LogP contribution in [0, 0.1) is 17.1 Å². The van der Waals surface area contributed by atoms with E-state index in [0.717, 1.165) is 5.56 Å². The topological polar surface area (TPSA) is 116 Å². The SMILES string of the molecule is N#CC1=C(N)Oc2n[nH]c(-c3ccc(Cl)cc3)c2[C@@H]1c1cn[nH]c1-c1ccc(F)cc1. The summed E-state index contributed by atoms with van der Waals surface area (Å²) >= 11 is 6.03. The van der Waals surface area contributed by atoms with E-state index in [1.165, 1.54) is 12.1 Å². The number of benzene rings is 2. The van der Waals surface area contributed by atoms with Crippen molar-refractivity contribution in [3.8, 4) is 34.5 Å². The summed E-state index contributed by atoms with van der Waals surface area (Å²) in [6.07, 6.45) is 1.63.